The summed E-state index contributed by atoms with van der Waals surface area (Å²) in [6, 6.07) is 0. The van der Waals surface area contributed by atoms with Gasteiger partial charge in [-0.1, -0.05) is 168 Å². The van der Waals surface area contributed by atoms with Crippen LogP contribution in [-0.4, -0.2) is 88.1 Å². The van der Waals surface area contributed by atoms with E-state index in [0.29, 0.717) is 50.2 Å². The van der Waals surface area contributed by atoms with E-state index in [1.165, 1.54) is 141 Å². The fourth-order valence-electron chi connectivity index (χ4n) is 6.06. The molecule has 11 heteroatoms. The van der Waals surface area contributed by atoms with E-state index in [1.54, 1.807) is 0 Å². The van der Waals surface area contributed by atoms with Gasteiger partial charge < -0.3 is 23.6 Å². The molecule has 0 radical (unpaired) electrons. The fourth-order valence-corrected chi connectivity index (χ4v) is 6.06. The molecule has 0 unspecified atom stereocenters. The number of aliphatic hydroxyl groups is 1. The van der Waals surface area contributed by atoms with Crippen molar-refractivity contribution in [3.05, 3.63) is 0 Å². The molecule has 0 aliphatic heterocycles. The van der Waals surface area contributed by atoms with Crippen molar-refractivity contribution in [2.45, 2.75) is 194 Å². The first kappa shape index (κ1) is 51.8. The third-order valence-electron chi connectivity index (χ3n) is 9.60. The first-order valence-corrected chi connectivity index (χ1v) is 22.1. The predicted octanol–water partition coefficient (Wildman–Crippen LogP) is 9.57. The first-order chi connectivity index (χ1) is 24.5. The number of carbonyl (C=O) groups excluding carboxylic acids is 2. The smallest absolute Gasteiger partial charge is 0.305 e. The van der Waals surface area contributed by atoms with Gasteiger partial charge >= 0.3 is 11.9 Å². The van der Waals surface area contributed by atoms with Crippen molar-refractivity contribution < 1.29 is 45.8 Å². The molecular formula is C40H81NO9S. The van der Waals surface area contributed by atoms with Crippen molar-refractivity contribution in [3.8, 4) is 0 Å². The molecule has 0 rings (SSSR count). The van der Waals surface area contributed by atoms with Gasteiger partial charge in [0.2, 0.25) is 10.4 Å². The molecule has 0 aliphatic rings. The van der Waals surface area contributed by atoms with Crippen molar-refractivity contribution in [1.82, 2.24) is 0 Å². The molecule has 0 fully saturated rings. The van der Waals surface area contributed by atoms with Gasteiger partial charge in [-0.3, -0.25) is 13.8 Å². The SMILES string of the molecule is CCCCCCCCCCCCCCCC(=O)OCC[N+](C)(CCO)CCOC(=O)CCCCCCCCCCCCCCC.COS(=O)(=O)[O-]. The lowest BCUT2D eigenvalue weighted by Crippen LogP contribution is -2.50. The van der Waals surface area contributed by atoms with Crippen molar-refractivity contribution in [2.24, 2.45) is 0 Å². The highest BCUT2D eigenvalue weighted by Gasteiger charge is 2.22. The van der Waals surface area contributed by atoms with E-state index >= 15 is 0 Å². The quantitative estimate of drug-likeness (QED) is 0.0216. The van der Waals surface area contributed by atoms with Gasteiger partial charge in [-0.05, 0) is 12.8 Å². The molecule has 0 saturated heterocycles. The topological polar surface area (TPSA) is 139 Å². The number of rotatable bonds is 37. The zero-order valence-corrected chi connectivity index (χ0v) is 34.4. The van der Waals surface area contributed by atoms with E-state index in [4.69, 9.17) is 9.47 Å². The summed E-state index contributed by atoms with van der Waals surface area (Å²) < 4.78 is 42.6. The lowest BCUT2D eigenvalue weighted by molar-refractivity contribution is -0.910. The number of nitrogens with zero attached hydrogens (tertiary/aromatic N) is 1. The van der Waals surface area contributed by atoms with Crippen LogP contribution >= 0.6 is 0 Å². The van der Waals surface area contributed by atoms with Gasteiger partial charge in [-0.25, -0.2) is 8.42 Å². The highest BCUT2D eigenvalue weighted by molar-refractivity contribution is 7.80. The Morgan fingerprint density at radius 1 is 0.529 bits per heavy atom. The van der Waals surface area contributed by atoms with Gasteiger partial charge in [0.15, 0.2) is 0 Å². The largest absolute Gasteiger partial charge is 0.726 e. The maximum Gasteiger partial charge on any atom is 0.305 e. The summed E-state index contributed by atoms with van der Waals surface area (Å²) in [7, 11) is -1.58. The van der Waals surface area contributed by atoms with Gasteiger partial charge in [0, 0.05) is 12.8 Å². The Morgan fingerprint density at radius 3 is 1.02 bits per heavy atom. The van der Waals surface area contributed by atoms with E-state index in [9.17, 15) is 27.7 Å². The molecule has 0 heterocycles. The molecule has 10 nitrogen and oxygen atoms in total. The molecule has 306 valence electrons. The molecule has 0 atom stereocenters. The summed E-state index contributed by atoms with van der Waals surface area (Å²) in [6.07, 6.45) is 34.5. The highest BCUT2D eigenvalue weighted by atomic mass is 32.3. The van der Waals surface area contributed by atoms with Crippen molar-refractivity contribution >= 4 is 22.3 Å². The standard InChI is InChI=1S/C39H78NO5.CH4O4S/c1-4-6-8-10-12-14-16-18-20-22-24-26-28-30-38(42)44-36-33-40(3,32-35-41)34-37-45-39(43)31-29-27-25-23-21-19-17-15-13-11-9-7-5-2;1-5-6(2,3)4/h41H,4-37H2,1-3H3;1H3,(H,2,3,4)/q+1;/p-1. The Kier molecular flexibility index (Phi) is 39.1. The van der Waals surface area contributed by atoms with Gasteiger partial charge in [-0.15, -0.1) is 0 Å². The number of hydrogen-bond donors (Lipinski definition) is 1. The van der Waals surface area contributed by atoms with Gasteiger partial charge in [0.05, 0.1) is 20.8 Å². The summed E-state index contributed by atoms with van der Waals surface area (Å²) in [5, 5.41) is 9.56. The number of ether oxygens (including phenoxy) is 2. The number of unbranched alkanes of at least 4 members (excludes halogenated alkanes) is 24. The average molecular weight is 752 g/mol. The minimum absolute atomic E-state index is 0.0519. The maximum absolute atomic E-state index is 12.2. The van der Waals surface area contributed by atoms with Crippen LogP contribution in [0.5, 0.6) is 0 Å². The van der Waals surface area contributed by atoms with Gasteiger partial charge in [0.1, 0.15) is 32.8 Å². The minimum atomic E-state index is -4.41. The monoisotopic (exact) mass is 752 g/mol. The molecular weight excluding hydrogens is 671 g/mol. The molecule has 0 bridgehead atoms. The van der Waals surface area contributed by atoms with Crippen LogP contribution in [-0.2, 0) is 33.6 Å². The van der Waals surface area contributed by atoms with Crippen molar-refractivity contribution in [2.75, 3.05) is 53.6 Å². The second kappa shape index (κ2) is 38.5. The molecule has 0 spiro atoms. The Bertz CT molecular complexity index is 822. The number of hydrogen-bond acceptors (Lipinski definition) is 9. The first-order valence-electron chi connectivity index (χ1n) is 20.8. The van der Waals surface area contributed by atoms with E-state index in [1.807, 2.05) is 7.05 Å². The predicted molar refractivity (Wildman–Crippen MR) is 207 cm³/mol. The van der Waals surface area contributed by atoms with E-state index in [-0.39, 0.29) is 18.5 Å². The Morgan fingerprint density at radius 2 is 0.784 bits per heavy atom. The summed E-state index contributed by atoms with van der Waals surface area (Å²) in [5.74, 6) is -0.254. The van der Waals surface area contributed by atoms with E-state index in [0.717, 1.165) is 32.8 Å². The normalized spacial score (nSPS) is 11.6. The van der Waals surface area contributed by atoms with E-state index < -0.39 is 10.4 Å². The van der Waals surface area contributed by atoms with Crippen LogP contribution in [0.25, 0.3) is 0 Å². The maximum atomic E-state index is 12.2. The van der Waals surface area contributed by atoms with Gasteiger partial charge in [0.25, 0.3) is 0 Å². The number of esters is 2. The summed E-state index contributed by atoms with van der Waals surface area (Å²) in [4.78, 5) is 24.4. The number of quaternary nitrogens is 1. The van der Waals surface area contributed by atoms with E-state index in [2.05, 4.69) is 18.0 Å². The Hall–Kier alpha value is -1.27. The van der Waals surface area contributed by atoms with Crippen LogP contribution in [0.3, 0.4) is 0 Å². The molecule has 0 aromatic heterocycles. The summed E-state index contributed by atoms with van der Waals surface area (Å²) in [5.41, 5.74) is 0. The molecule has 0 aromatic rings. The van der Waals surface area contributed by atoms with Crippen LogP contribution in [0.4, 0.5) is 0 Å². The van der Waals surface area contributed by atoms with Crippen LogP contribution in [0, 0.1) is 0 Å². The number of carbonyl (C=O) groups is 2. The third-order valence-corrected chi connectivity index (χ3v) is 10.0. The molecule has 1 N–H and O–H groups in total. The zero-order chi connectivity index (χ0) is 38.3. The molecule has 0 saturated carbocycles. The second-order valence-corrected chi connectivity index (χ2v) is 15.7. The molecule has 51 heavy (non-hydrogen) atoms. The Labute approximate surface area is 314 Å². The molecule has 0 amide bonds. The van der Waals surface area contributed by atoms with Crippen LogP contribution < -0.4 is 0 Å². The zero-order valence-electron chi connectivity index (χ0n) is 33.6. The number of aliphatic hydroxyl groups excluding tert-OH is 1. The highest BCUT2D eigenvalue weighted by Crippen LogP contribution is 2.15. The minimum Gasteiger partial charge on any atom is -0.726 e. The van der Waals surface area contributed by atoms with Crippen LogP contribution in [0.15, 0.2) is 0 Å². The van der Waals surface area contributed by atoms with Crippen LogP contribution in [0.1, 0.15) is 194 Å². The Balaban J connectivity index is 0. The van der Waals surface area contributed by atoms with Crippen molar-refractivity contribution in [3.63, 3.8) is 0 Å². The summed E-state index contributed by atoms with van der Waals surface area (Å²) >= 11 is 0. The van der Waals surface area contributed by atoms with Crippen LogP contribution in [0.2, 0.25) is 0 Å². The summed E-state index contributed by atoms with van der Waals surface area (Å²) in [6.45, 7) is 7.03. The lowest BCUT2D eigenvalue weighted by Gasteiger charge is -2.33. The number of likely N-dealkylation sites (N-methyl/N-ethyl adjacent to an activating group) is 1. The average Bonchev–Trinajstić information content (AvgIpc) is 3.09. The lowest BCUT2D eigenvalue weighted by atomic mass is 10.0. The van der Waals surface area contributed by atoms with Gasteiger partial charge in [-0.2, -0.15) is 0 Å². The molecule has 0 aliphatic carbocycles. The third kappa shape index (κ3) is 43.0. The molecule has 0 aromatic carbocycles. The fraction of sp³-hybridized carbons (Fsp3) is 0.950. The second-order valence-electron chi connectivity index (χ2n) is 14.5. The van der Waals surface area contributed by atoms with Crippen molar-refractivity contribution in [1.29, 1.82) is 0 Å².